The molecule has 2 atom stereocenters. The zero-order chi connectivity index (χ0) is 13.3. The van der Waals surface area contributed by atoms with Gasteiger partial charge < -0.3 is 9.47 Å². The number of halogens is 1. The lowest BCUT2D eigenvalue weighted by atomic mass is 10.1. The van der Waals surface area contributed by atoms with Crippen LogP contribution in [-0.4, -0.2) is 28.0 Å². The molecule has 100 valence electrons. The van der Waals surface area contributed by atoms with Crippen LogP contribution in [0.1, 0.15) is 33.2 Å². The smallest absolute Gasteiger partial charge is 0.293 e. The topological polar surface area (TPSA) is 38.1 Å². The Morgan fingerprint density at radius 3 is 2.89 bits per heavy atom. The monoisotopic (exact) mass is 269 g/mol. The molecule has 1 aliphatic rings. The van der Waals surface area contributed by atoms with E-state index < -0.39 is 0 Å². The van der Waals surface area contributed by atoms with Crippen molar-refractivity contribution in [3.8, 4) is 0 Å². The van der Waals surface area contributed by atoms with E-state index in [2.05, 4.69) is 16.8 Å². The average Bonchev–Trinajstić information content (AvgIpc) is 2.70. The van der Waals surface area contributed by atoms with E-state index in [1.165, 1.54) is 0 Å². The first kappa shape index (κ1) is 13.4. The van der Waals surface area contributed by atoms with E-state index in [9.17, 15) is 4.79 Å². The minimum Gasteiger partial charge on any atom is -0.348 e. The Kier molecular flexibility index (Phi) is 3.95. The van der Waals surface area contributed by atoms with Crippen molar-refractivity contribution >= 4 is 17.4 Å². The summed E-state index contributed by atoms with van der Waals surface area (Å²) in [7, 11) is 0. The van der Waals surface area contributed by atoms with E-state index in [1.807, 2.05) is 13.8 Å². The summed E-state index contributed by atoms with van der Waals surface area (Å²) in [5, 5.41) is 0. The Balaban J connectivity index is 2.40. The first-order valence-corrected chi connectivity index (χ1v) is 6.99. The van der Waals surface area contributed by atoms with Crippen molar-refractivity contribution in [3.63, 3.8) is 0 Å². The third kappa shape index (κ3) is 2.26. The Bertz CT molecular complexity index is 472. The van der Waals surface area contributed by atoms with Crippen molar-refractivity contribution in [3.05, 3.63) is 22.7 Å². The lowest BCUT2D eigenvalue weighted by molar-refractivity contribution is 0.540. The summed E-state index contributed by atoms with van der Waals surface area (Å²) in [5.41, 5.74) is -0.0169. The molecule has 1 fully saturated rings. The molecule has 0 N–H and O–H groups in total. The SMILES string of the molecule is CC1CCN(c2nccn(C(C)C)c2=O)C1CCl. The molecule has 1 aliphatic heterocycles. The van der Waals surface area contributed by atoms with E-state index in [0.717, 1.165) is 13.0 Å². The highest BCUT2D eigenvalue weighted by molar-refractivity contribution is 6.18. The standard InChI is InChI=1S/C13H20ClN3O/c1-9(2)16-7-5-15-12(13(16)18)17-6-4-10(3)11(17)8-14/h5,7,9-11H,4,6,8H2,1-3H3. The second kappa shape index (κ2) is 5.31. The largest absolute Gasteiger partial charge is 0.348 e. The van der Waals surface area contributed by atoms with Crippen LogP contribution in [0.3, 0.4) is 0 Å². The summed E-state index contributed by atoms with van der Waals surface area (Å²) in [4.78, 5) is 18.7. The van der Waals surface area contributed by atoms with Crippen molar-refractivity contribution in [2.24, 2.45) is 5.92 Å². The van der Waals surface area contributed by atoms with Gasteiger partial charge in [-0.05, 0) is 26.2 Å². The molecule has 2 unspecified atom stereocenters. The number of hydrogen-bond donors (Lipinski definition) is 0. The van der Waals surface area contributed by atoms with E-state index in [1.54, 1.807) is 17.0 Å². The lowest BCUT2D eigenvalue weighted by Crippen LogP contribution is -2.39. The molecule has 1 aromatic heterocycles. The molecule has 2 heterocycles. The zero-order valence-electron chi connectivity index (χ0n) is 11.1. The first-order valence-electron chi connectivity index (χ1n) is 6.46. The van der Waals surface area contributed by atoms with Gasteiger partial charge in [-0.2, -0.15) is 0 Å². The van der Waals surface area contributed by atoms with Gasteiger partial charge in [0.15, 0.2) is 5.82 Å². The van der Waals surface area contributed by atoms with Crippen LogP contribution in [0.25, 0.3) is 0 Å². The van der Waals surface area contributed by atoms with E-state index in [4.69, 9.17) is 11.6 Å². The normalized spacial score (nSPS) is 23.9. The maximum absolute atomic E-state index is 12.4. The molecule has 0 saturated carbocycles. The summed E-state index contributed by atoms with van der Waals surface area (Å²) in [5.74, 6) is 1.59. The molecule has 1 aromatic rings. The van der Waals surface area contributed by atoms with Crippen LogP contribution >= 0.6 is 11.6 Å². The van der Waals surface area contributed by atoms with Gasteiger partial charge in [0.1, 0.15) is 0 Å². The average molecular weight is 270 g/mol. The fourth-order valence-electron chi connectivity index (χ4n) is 2.52. The van der Waals surface area contributed by atoms with Crippen molar-refractivity contribution in [1.82, 2.24) is 9.55 Å². The number of nitrogens with zero attached hydrogens (tertiary/aromatic N) is 3. The van der Waals surface area contributed by atoms with Gasteiger partial charge in [-0.15, -0.1) is 11.6 Å². The molecular weight excluding hydrogens is 250 g/mol. The van der Waals surface area contributed by atoms with Crippen molar-refractivity contribution in [2.75, 3.05) is 17.3 Å². The quantitative estimate of drug-likeness (QED) is 0.790. The summed E-state index contributed by atoms with van der Waals surface area (Å²) in [6, 6.07) is 0.364. The number of anilines is 1. The zero-order valence-corrected chi connectivity index (χ0v) is 11.9. The van der Waals surface area contributed by atoms with E-state index in [0.29, 0.717) is 17.6 Å². The van der Waals surface area contributed by atoms with E-state index >= 15 is 0 Å². The minimum atomic E-state index is -0.0169. The molecule has 5 heteroatoms. The van der Waals surface area contributed by atoms with Crippen LogP contribution in [0.4, 0.5) is 5.82 Å². The van der Waals surface area contributed by atoms with Gasteiger partial charge in [-0.3, -0.25) is 4.79 Å². The van der Waals surface area contributed by atoms with E-state index in [-0.39, 0.29) is 17.6 Å². The highest BCUT2D eigenvalue weighted by atomic mass is 35.5. The third-order valence-corrected chi connectivity index (χ3v) is 4.04. The van der Waals surface area contributed by atoms with Gasteiger partial charge in [0.25, 0.3) is 5.56 Å². The van der Waals surface area contributed by atoms with Gasteiger partial charge in [0.05, 0.1) is 0 Å². The van der Waals surface area contributed by atoms with Crippen LogP contribution in [0.15, 0.2) is 17.2 Å². The minimum absolute atomic E-state index is 0.0169. The molecule has 0 spiro atoms. The summed E-state index contributed by atoms with van der Waals surface area (Å²) in [6.07, 6.45) is 4.51. The van der Waals surface area contributed by atoms with Gasteiger partial charge in [0.2, 0.25) is 0 Å². The number of rotatable bonds is 3. The van der Waals surface area contributed by atoms with Gasteiger partial charge in [-0.1, -0.05) is 6.92 Å². The molecule has 4 nitrogen and oxygen atoms in total. The highest BCUT2D eigenvalue weighted by Crippen LogP contribution is 2.27. The predicted octanol–water partition coefficient (Wildman–Crippen LogP) is 2.28. The predicted molar refractivity (Wildman–Crippen MR) is 74.5 cm³/mol. The molecule has 0 radical (unpaired) electrons. The van der Waals surface area contributed by atoms with Crippen LogP contribution in [0, 0.1) is 5.92 Å². The van der Waals surface area contributed by atoms with Crippen molar-refractivity contribution in [2.45, 2.75) is 39.3 Å². The molecular formula is C13H20ClN3O. The van der Waals surface area contributed by atoms with Gasteiger partial charge >= 0.3 is 0 Å². The number of hydrogen-bond acceptors (Lipinski definition) is 3. The molecule has 0 amide bonds. The van der Waals surface area contributed by atoms with Crippen LogP contribution in [0.2, 0.25) is 0 Å². The number of aromatic nitrogens is 2. The van der Waals surface area contributed by atoms with Crippen molar-refractivity contribution in [1.29, 1.82) is 0 Å². The second-order valence-corrected chi connectivity index (χ2v) is 5.55. The van der Waals surface area contributed by atoms with Gasteiger partial charge in [-0.25, -0.2) is 4.98 Å². The van der Waals surface area contributed by atoms with Crippen LogP contribution in [0.5, 0.6) is 0 Å². The Hall–Kier alpha value is -1.03. The Morgan fingerprint density at radius 2 is 2.28 bits per heavy atom. The summed E-state index contributed by atoms with van der Waals surface area (Å²) < 4.78 is 1.72. The lowest BCUT2D eigenvalue weighted by Gasteiger charge is -2.26. The van der Waals surface area contributed by atoms with Crippen molar-refractivity contribution < 1.29 is 0 Å². The maximum atomic E-state index is 12.4. The second-order valence-electron chi connectivity index (χ2n) is 5.24. The Morgan fingerprint density at radius 1 is 1.56 bits per heavy atom. The fourth-order valence-corrected chi connectivity index (χ4v) is 3.00. The Labute approximate surface area is 113 Å². The molecule has 0 aliphatic carbocycles. The molecule has 0 aromatic carbocycles. The number of alkyl halides is 1. The fraction of sp³-hybridized carbons (Fsp3) is 0.692. The maximum Gasteiger partial charge on any atom is 0.293 e. The molecule has 18 heavy (non-hydrogen) atoms. The molecule has 1 saturated heterocycles. The molecule has 2 rings (SSSR count). The highest BCUT2D eigenvalue weighted by Gasteiger charge is 2.32. The third-order valence-electron chi connectivity index (χ3n) is 3.72. The summed E-state index contributed by atoms with van der Waals surface area (Å²) in [6.45, 7) is 7.04. The van der Waals surface area contributed by atoms with Crippen LogP contribution < -0.4 is 10.5 Å². The van der Waals surface area contributed by atoms with Crippen LogP contribution in [-0.2, 0) is 0 Å². The molecule has 0 bridgehead atoms. The van der Waals surface area contributed by atoms with Gasteiger partial charge in [0, 0.05) is 36.9 Å². The first-order chi connectivity index (χ1) is 8.56. The summed E-state index contributed by atoms with van der Waals surface area (Å²) >= 11 is 6.02.